The minimum absolute atomic E-state index is 0.175. The summed E-state index contributed by atoms with van der Waals surface area (Å²) in [6.07, 6.45) is 2.61. The number of nitriles is 2. The molecule has 21 heavy (non-hydrogen) atoms. The molecule has 1 heterocycles. The maximum atomic E-state index is 12.3. The minimum atomic E-state index is -3.94. The number of hydrogen-bond acceptors (Lipinski definition) is 5. The summed E-state index contributed by atoms with van der Waals surface area (Å²) in [5.41, 5.74) is 0.975. The summed E-state index contributed by atoms with van der Waals surface area (Å²) in [6, 6.07) is 14.4. The maximum absolute atomic E-state index is 12.3. The number of rotatable bonds is 3. The van der Waals surface area contributed by atoms with E-state index in [1.165, 1.54) is 24.4 Å². The van der Waals surface area contributed by atoms with Crippen LogP contribution in [0, 0.1) is 22.7 Å². The molecule has 2 rings (SSSR count). The highest BCUT2D eigenvalue weighted by atomic mass is 32.2. The summed E-state index contributed by atoms with van der Waals surface area (Å²) in [6.45, 7) is 0. The number of benzene rings is 1. The van der Waals surface area contributed by atoms with Crippen molar-refractivity contribution in [3.05, 3.63) is 64.7 Å². The van der Waals surface area contributed by atoms with Gasteiger partial charge in [0.1, 0.15) is 6.07 Å². The fourth-order valence-electron chi connectivity index (χ4n) is 1.59. The highest BCUT2D eigenvalue weighted by Gasteiger charge is 2.21. The number of pyridine rings is 1. The van der Waals surface area contributed by atoms with Gasteiger partial charge in [-0.2, -0.15) is 10.5 Å². The standard InChI is InChI=1S/C15H9N3O2S/c16-10-13-6-4-12(5-7-13)9-14(11-17)21(19,20)15-3-1-2-8-18-15/h1-9H/b14-9+. The quantitative estimate of drug-likeness (QED) is 0.810. The molecule has 0 spiro atoms. The topological polar surface area (TPSA) is 94.6 Å². The van der Waals surface area contributed by atoms with E-state index in [0.717, 1.165) is 0 Å². The van der Waals surface area contributed by atoms with Gasteiger partial charge in [-0.1, -0.05) is 18.2 Å². The van der Waals surface area contributed by atoms with E-state index < -0.39 is 14.7 Å². The van der Waals surface area contributed by atoms with Gasteiger partial charge in [-0.25, -0.2) is 13.4 Å². The third-order valence-electron chi connectivity index (χ3n) is 2.65. The number of sulfone groups is 1. The Bertz CT molecular complexity index is 856. The Balaban J connectivity index is 2.47. The van der Waals surface area contributed by atoms with E-state index in [-0.39, 0.29) is 5.03 Å². The number of nitrogens with zero attached hydrogens (tertiary/aromatic N) is 3. The van der Waals surface area contributed by atoms with Crippen LogP contribution in [0.5, 0.6) is 0 Å². The monoisotopic (exact) mass is 295 g/mol. The maximum Gasteiger partial charge on any atom is 0.233 e. The van der Waals surface area contributed by atoms with Crippen molar-refractivity contribution in [1.82, 2.24) is 4.98 Å². The molecule has 0 atom stereocenters. The SMILES string of the molecule is N#C/C(=C\c1ccc(C#N)cc1)S(=O)(=O)c1ccccn1. The van der Waals surface area contributed by atoms with E-state index in [9.17, 15) is 8.42 Å². The molecule has 6 heteroatoms. The van der Waals surface area contributed by atoms with E-state index in [1.807, 2.05) is 6.07 Å². The zero-order valence-corrected chi connectivity index (χ0v) is 11.6. The van der Waals surface area contributed by atoms with Gasteiger partial charge in [-0.15, -0.1) is 0 Å². The molecule has 0 aliphatic heterocycles. The molecule has 0 amide bonds. The molecule has 102 valence electrons. The second-order valence-electron chi connectivity index (χ2n) is 4.03. The van der Waals surface area contributed by atoms with E-state index in [0.29, 0.717) is 11.1 Å². The van der Waals surface area contributed by atoms with Crippen LogP contribution in [0.15, 0.2) is 58.6 Å². The Morgan fingerprint density at radius 3 is 2.33 bits per heavy atom. The van der Waals surface area contributed by atoms with Crippen molar-refractivity contribution < 1.29 is 8.42 Å². The predicted octanol–water partition coefficient (Wildman–Crippen LogP) is 2.29. The number of aromatic nitrogens is 1. The fraction of sp³-hybridized carbons (Fsp3) is 0. The highest BCUT2D eigenvalue weighted by Crippen LogP contribution is 2.19. The largest absolute Gasteiger partial charge is 0.244 e. The van der Waals surface area contributed by atoms with Crippen molar-refractivity contribution in [2.45, 2.75) is 5.03 Å². The molecule has 0 fully saturated rings. The summed E-state index contributed by atoms with van der Waals surface area (Å²) >= 11 is 0. The molecule has 5 nitrogen and oxygen atoms in total. The Kier molecular flexibility index (Phi) is 4.13. The van der Waals surface area contributed by atoms with Crippen LogP contribution < -0.4 is 0 Å². The van der Waals surface area contributed by atoms with E-state index in [4.69, 9.17) is 10.5 Å². The Labute approximate surface area is 122 Å². The lowest BCUT2D eigenvalue weighted by Gasteiger charge is -2.02. The van der Waals surface area contributed by atoms with Gasteiger partial charge in [0, 0.05) is 6.20 Å². The third-order valence-corrected chi connectivity index (χ3v) is 4.23. The molecule has 1 aromatic carbocycles. The van der Waals surface area contributed by atoms with E-state index in [2.05, 4.69) is 4.98 Å². The predicted molar refractivity (Wildman–Crippen MR) is 76.2 cm³/mol. The summed E-state index contributed by atoms with van der Waals surface area (Å²) in [5.74, 6) is 0. The molecule has 0 aliphatic carbocycles. The summed E-state index contributed by atoms with van der Waals surface area (Å²) in [7, 11) is -3.94. The van der Waals surface area contributed by atoms with Gasteiger partial charge >= 0.3 is 0 Å². The van der Waals surface area contributed by atoms with E-state index >= 15 is 0 Å². The molecule has 2 aromatic rings. The van der Waals surface area contributed by atoms with Crippen molar-refractivity contribution in [1.29, 1.82) is 10.5 Å². The summed E-state index contributed by atoms with van der Waals surface area (Å²) in [5, 5.41) is 17.6. The molecule has 0 aliphatic rings. The molecule has 0 saturated heterocycles. The van der Waals surface area contributed by atoms with Gasteiger partial charge < -0.3 is 0 Å². The zero-order chi connectivity index (χ0) is 15.3. The van der Waals surface area contributed by atoms with Crippen LogP contribution >= 0.6 is 0 Å². The van der Waals surface area contributed by atoms with Crippen molar-refractivity contribution in [3.8, 4) is 12.1 Å². The number of hydrogen-bond donors (Lipinski definition) is 0. The van der Waals surface area contributed by atoms with Gasteiger partial charge in [0.2, 0.25) is 9.84 Å². The van der Waals surface area contributed by atoms with Gasteiger partial charge in [0.25, 0.3) is 0 Å². The molecular weight excluding hydrogens is 286 g/mol. The van der Waals surface area contributed by atoms with Crippen molar-refractivity contribution in [2.24, 2.45) is 0 Å². The van der Waals surface area contributed by atoms with Crippen LogP contribution in [0.4, 0.5) is 0 Å². The molecule has 0 bridgehead atoms. The van der Waals surface area contributed by atoms with Gasteiger partial charge in [0.05, 0.1) is 11.6 Å². The molecule has 0 radical (unpaired) electrons. The van der Waals surface area contributed by atoms with Gasteiger partial charge in [0.15, 0.2) is 9.93 Å². The van der Waals surface area contributed by atoms with Crippen molar-refractivity contribution in [3.63, 3.8) is 0 Å². The lowest BCUT2D eigenvalue weighted by molar-refractivity contribution is 0.600. The van der Waals surface area contributed by atoms with Crippen LogP contribution in [-0.2, 0) is 9.84 Å². The van der Waals surface area contributed by atoms with Crippen LogP contribution in [-0.4, -0.2) is 13.4 Å². The van der Waals surface area contributed by atoms with Gasteiger partial charge in [-0.3, -0.25) is 0 Å². The molecule has 0 N–H and O–H groups in total. The smallest absolute Gasteiger partial charge is 0.233 e. The fourth-order valence-corrected chi connectivity index (χ4v) is 2.69. The normalized spacial score (nSPS) is 11.4. The Morgan fingerprint density at radius 1 is 1.10 bits per heavy atom. The van der Waals surface area contributed by atoms with Crippen molar-refractivity contribution >= 4 is 15.9 Å². The molecule has 0 unspecified atom stereocenters. The lowest BCUT2D eigenvalue weighted by Crippen LogP contribution is -2.05. The summed E-state index contributed by atoms with van der Waals surface area (Å²) in [4.78, 5) is 3.37. The summed E-state index contributed by atoms with van der Waals surface area (Å²) < 4.78 is 24.6. The van der Waals surface area contributed by atoms with Crippen LogP contribution in [0.25, 0.3) is 6.08 Å². The lowest BCUT2D eigenvalue weighted by atomic mass is 10.1. The second-order valence-corrected chi connectivity index (χ2v) is 5.89. The second kappa shape index (κ2) is 6.00. The first kappa shape index (κ1) is 14.4. The van der Waals surface area contributed by atoms with Crippen LogP contribution in [0.2, 0.25) is 0 Å². The minimum Gasteiger partial charge on any atom is -0.244 e. The molecular formula is C15H9N3O2S. The van der Waals surface area contributed by atoms with E-state index in [1.54, 1.807) is 36.4 Å². The van der Waals surface area contributed by atoms with Gasteiger partial charge in [-0.05, 0) is 35.9 Å². The average Bonchev–Trinajstić information content (AvgIpc) is 2.53. The average molecular weight is 295 g/mol. The van der Waals surface area contributed by atoms with Crippen LogP contribution in [0.1, 0.15) is 11.1 Å². The first-order valence-corrected chi connectivity index (χ1v) is 7.34. The first-order chi connectivity index (χ1) is 10.1. The molecule has 1 aromatic heterocycles. The number of allylic oxidation sites excluding steroid dienone is 1. The highest BCUT2D eigenvalue weighted by molar-refractivity contribution is 7.95. The zero-order valence-electron chi connectivity index (χ0n) is 10.8. The van der Waals surface area contributed by atoms with Crippen LogP contribution in [0.3, 0.4) is 0 Å². The first-order valence-electron chi connectivity index (χ1n) is 5.86. The Hall–Kier alpha value is -2.96. The Morgan fingerprint density at radius 2 is 1.81 bits per heavy atom. The molecule has 0 saturated carbocycles. The van der Waals surface area contributed by atoms with Crippen molar-refractivity contribution in [2.75, 3.05) is 0 Å². The third kappa shape index (κ3) is 3.14.